The Morgan fingerprint density at radius 3 is 2.38 bits per heavy atom. The van der Waals surface area contributed by atoms with Crippen molar-refractivity contribution in [3.8, 4) is 17.2 Å². The Bertz CT molecular complexity index is 475. The molecule has 0 aliphatic heterocycles. The number of hydrogen-bond acceptors (Lipinski definition) is 8. The summed E-state index contributed by atoms with van der Waals surface area (Å²) in [6, 6.07) is 3.85. The van der Waals surface area contributed by atoms with Crippen molar-refractivity contribution in [1.82, 2.24) is 0 Å². The van der Waals surface area contributed by atoms with Gasteiger partial charge in [-0.05, 0) is 19.1 Å². The van der Waals surface area contributed by atoms with Crippen molar-refractivity contribution in [2.45, 2.75) is 25.4 Å². The number of phenolic OH excluding ortho intramolecular Hbond substituents is 2. The first-order chi connectivity index (χ1) is 9.82. The van der Waals surface area contributed by atoms with Crippen LogP contribution < -0.4 is 4.74 Å². The van der Waals surface area contributed by atoms with Crippen LogP contribution in [0.5, 0.6) is 17.2 Å². The summed E-state index contributed by atoms with van der Waals surface area (Å²) in [5.74, 6) is -1.04. The monoisotopic (exact) mass is 302 g/mol. The molecule has 8 nitrogen and oxygen atoms in total. The topological polar surface area (TPSA) is 137 Å². The lowest BCUT2D eigenvalue weighted by atomic mass is 10.1. The van der Waals surface area contributed by atoms with Crippen molar-refractivity contribution >= 4 is 5.78 Å². The van der Waals surface area contributed by atoms with Crippen LogP contribution in [0.15, 0.2) is 18.2 Å². The Hall–Kier alpha value is -1.87. The lowest BCUT2D eigenvalue weighted by Crippen LogP contribution is -2.43. The zero-order valence-electron chi connectivity index (χ0n) is 11.3. The molecule has 1 aromatic carbocycles. The lowest BCUT2D eigenvalue weighted by Gasteiger charge is -2.21. The van der Waals surface area contributed by atoms with Crippen molar-refractivity contribution in [3.63, 3.8) is 0 Å². The Morgan fingerprint density at radius 2 is 1.81 bits per heavy atom. The van der Waals surface area contributed by atoms with Crippen LogP contribution >= 0.6 is 0 Å². The quantitative estimate of drug-likeness (QED) is 0.237. The highest BCUT2D eigenvalue weighted by atomic mass is 16.6. The largest absolute Gasteiger partial charge is 0.504 e. The van der Waals surface area contributed by atoms with Crippen LogP contribution in [-0.2, 0) is 9.53 Å². The molecule has 0 aromatic heterocycles. The van der Waals surface area contributed by atoms with Gasteiger partial charge in [0.25, 0.3) is 0 Å². The molecule has 0 heterocycles. The van der Waals surface area contributed by atoms with Gasteiger partial charge in [0.2, 0.25) is 0 Å². The number of aliphatic hydroxyl groups excluding tert-OH is 3. The average Bonchev–Trinajstić information content (AvgIpc) is 2.45. The Morgan fingerprint density at radius 1 is 1.14 bits per heavy atom. The van der Waals surface area contributed by atoms with Crippen LogP contribution in [0.2, 0.25) is 0 Å². The summed E-state index contributed by atoms with van der Waals surface area (Å²) >= 11 is 0. The first-order valence-corrected chi connectivity index (χ1v) is 6.14. The highest BCUT2D eigenvalue weighted by Gasteiger charge is 2.28. The summed E-state index contributed by atoms with van der Waals surface area (Å²) in [6.07, 6.45) is -5.21. The third kappa shape index (κ3) is 5.20. The van der Waals surface area contributed by atoms with E-state index in [9.17, 15) is 25.2 Å². The van der Waals surface area contributed by atoms with Crippen LogP contribution in [0.4, 0.5) is 0 Å². The number of ether oxygens (including phenoxy) is 2. The third-order valence-corrected chi connectivity index (χ3v) is 2.62. The van der Waals surface area contributed by atoms with Crippen molar-refractivity contribution in [3.05, 3.63) is 18.2 Å². The molecule has 1 aromatic rings. The summed E-state index contributed by atoms with van der Waals surface area (Å²) < 4.78 is 9.97. The molecule has 0 saturated carbocycles. The molecule has 0 aliphatic carbocycles. The second-order valence-corrected chi connectivity index (χ2v) is 4.31. The van der Waals surface area contributed by atoms with E-state index in [1.165, 1.54) is 18.2 Å². The fourth-order valence-corrected chi connectivity index (χ4v) is 1.42. The molecule has 0 amide bonds. The number of aliphatic hydroxyl groups is 3. The minimum Gasteiger partial charge on any atom is -0.504 e. The lowest BCUT2D eigenvalue weighted by molar-refractivity contribution is -0.191. The minimum atomic E-state index is -1.75. The second-order valence-electron chi connectivity index (χ2n) is 4.31. The molecule has 8 heteroatoms. The zero-order valence-corrected chi connectivity index (χ0v) is 11.3. The molecule has 0 fully saturated rings. The molecule has 0 saturated heterocycles. The molecule has 0 radical (unpaired) electrons. The first-order valence-electron chi connectivity index (χ1n) is 6.14. The number of hydrogen-bond donors (Lipinski definition) is 5. The van der Waals surface area contributed by atoms with E-state index in [1.807, 2.05) is 0 Å². The van der Waals surface area contributed by atoms with Crippen LogP contribution in [0.3, 0.4) is 0 Å². The number of Topliss-reactive ketones (excluding diaryl/α,β-unsaturated/α-hetero) is 1. The maximum absolute atomic E-state index is 10.8. The van der Waals surface area contributed by atoms with Crippen LogP contribution in [0.25, 0.3) is 0 Å². The molecule has 3 unspecified atom stereocenters. The van der Waals surface area contributed by atoms with E-state index in [4.69, 9.17) is 14.6 Å². The van der Waals surface area contributed by atoms with Gasteiger partial charge < -0.3 is 35.0 Å². The molecule has 0 spiro atoms. The van der Waals surface area contributed by atoms with Gasteiger partial charge in [-0.3, -0.25) is 4.79 Å². The SMILES string of the molecule is CC(=O)C(O)C(O)C(O)OCCOc1ccc(O)c(O)c1. The minimum absolute atomic E-state index is 0.0236. The molecule has 5 N–H and O–H groups in total. The highest BCUT2D eigenvalue weighted by Crippen LogP contribution is 2.28. The number of phenols is 2. The molecular weight excluding hydrogens is 284 g/mol. The van der Waals surface area contributed by atoms with Crippen molar-refractivity contribution in [1.29, 1.82) is 0 Å². The van der Waals surface area contributed by atoms with Gasteiger partial charge in [0.15, 0.2) is 23.6 Å². The van der Waals surface area contributed by atoms with Crippen LogP contribution in [0.1, 0.15) is 6.92 Å². The van der Waals surface area contributed by atoms with Gasteiger partial charge in [-0.15, -0.1) is 0 Å². The number of aromatic hydroxyl groups is 2. The summed E-state index contributed by atoms with van der Waals surface area (Å²) in [4.78, 5) is 10.8. The van der Waals surface area contributed by atoms with E-state index < -0.39 is 24.3 Å². The van der Waals surface area contributed by atoms with Crippen LogP contribution in [0, 0.1) is 0 Å². The van der Waals surface area contributed by atoms with E-state index in [0.29, 0.717) is 0 Å². The smallest absolute Gasteiger partial charge is 0.184 e. The van der Waals surface area contributed by atoms with Crippen molar-refractivity contribution < 1.29 is 39.8 Å². The number of carbonyl (C=O) groups excluding carboxylic acids is 1. The summed E-state index contributed by atoms with van der Waals surface area (Å²) in [5.41, 5.74) is 0. The zero-order chi connectivity index (χ0) is 16.0. The van der Waals surface area contributed by atoms with Gasteiger partial charge in [-0.2, -0.15) is 0 Å². The molecule has 3 atom stereocenters. The van der Waals surface area contributed by atoms with Gasteiger partial charge in [0, 0.05) is 6.07 Å². The Labute approximate surface area is 120 Å². The van der Waals surface area contributed by atoms with E-state index in [1.54, 1.807) is 0 Å². The molecular formula is C13H18O8. The van der Waals surface area contributed by atoms with Gasteiger partial charge in [-0.1, -0.05) is 0 Å². The standard InChI is InChI=1S/C13H18O8/c1-7(14)11(17)12(18)13(19)21-5-4-20-8-2-3-9(15)10(16)6-8/h2-3,6,11-13,15-19H,4-5H2,1H3. The van der Waals surface area contributed by atoms with E-state index in [2.05, 4.69) is 0 Å². The molecule has 0 bridgehead atoms. The van der Waals surface area contributed by atoms with E-state index in [-0.39, 0.29) is 30.5 Å². The van der Waals surface area contributed by atoms with E-state index in [0.717, 1.165) is 6.92 Å². The normalized spacial score (nSPS) is 15.2. The maximum atomic E-state index is 10.8. The summed E-state index contributed by atoms with van der Waals surface area (Å²) in [5, 5.41) is 46.4. The van der Waals surface area contributed by atoms with Gasteiger partial charge in [0.1, 0.15) is 24.6 Å². The first kappa shape index (κ1) is 17.2. The second kappa shape index (κ2) is 7.79. The van der Waals surface area contributed by atoms with Crippen LogP contribution in [-0.4, -0.2) is 63.0 Å². The number of benzene rings is 1. The maximum Gasteiger partial charge on any atom is 0.184 e. The van der Waals surface area contributed by atoms with E-state index >= 15 is 0 Å². The molecule has 21 heavy (non-hydrogen) atoms. The number of ketones is 1. The Balaban J connectivity index is 2.33. The molecule has 0 aliphatic rings. The van der Waals surface area contributed by atoms with Crippen molar-refractivity contribution in [2.24, 2.45) is 0 Å². The summed E-state index contributed by atoms with van der Waals surface area (Å²) in [7, 11) is 0. The fraction of sp³-hybridized carbons (Fsp3) is 0.462. The van der Waals surface area contributed by atoms with Gasteiger partial charge in [0.05, 0.1) is 6.61 Å². The fourth-order valence-electron chi connectivity index (χ4n) is 1.42. The van der Waals surface area contributed by atoms with Gasteiger partial charge >= 0.3 is 0 Å². The Kier molecular flexibility index (Phi) is 6.38. The predicted octanol–water partition coefficient (Wildman–Crippen LogP) is -0.878. The number of rotatable bonds is 8. The highest BCUT2D eigenvalue weighted by molar-refractivity contribution is 5.80. The molecule has 1 rings (SSSR count). The third-order valence-electron chi connectivity index (χ3n) is 2.62. The van der Waals surface area contributed by atoms with Gasteiger partial charge in [-0.25, -0.2) is 0 Å². The predicted molar refractivity (Wildman–Crippen MR) is 69.9 cm³/mol. The summed E-state index contributed by atoms with van der Waals surface area (Å²) in [6.45, 7) is 0.912. The molecule has 118 valence electrons. The van der Waals surface area contributed by atoms with Crippen molar-refractivity contribution in [2.75, 3.05) is 13.2 Å². The average molecular weight is 302 g/mol. The number of carbonyl (C=O) groups is 1.